The van der Waals surface area contributed by atoms with Gasteiger partial charge in [0, 0.05) is 22.9 Å². The van der Waals surface area contributed by atoms with E-state index in [1.807, 2.05) is 12.1 Å². The van der Waals surface area contributed by atoms with E-state index in [-0.39, 0.29) is 5.91 Å². The molecule has 0 aliphatic carbocycles. The summed E-state index contributed by atoms with van der Waals surface area (Å²) in [5.74, 6) is 0.817. The number of aromatic nitrogens is 4. The molecule has 6 nitrogen and oxygen atoms in total. The van der Waals surface area contributed by atoms with Crippen LogP contribution in [0.1, 0.15) is 10.4 Å². The molecule has 104 valence electrons. The second-order valence-electron chi connectivity index (χ2n) is 4.17. The Morgan fingerprint density at radius 2 is 2.10 bits per heavy atom. The Morgan fingerprint density at radius 3 is 2.86 bits per heavy atom. The summed E-state index contributed by atoms with van der Waals surface area (Å²) in [7, 11) is 0. The quantitative estimate of drug-likeness (QED) is 0.793. The molecule has 0 radical (unpaired) electrons. The smallest absolute Gasteiger partial charge is 0.257 e. The molecule has 1 aromatic carbocycles. The van der Waals surface area contributed by atoms with E-state index in [4.69, 9.17) is 0 Å². The van der Waals surface area contributed by atoms with E-state index in [1.165, 1.54) is 6.33 Å². The third kappa shape index (κ3) is 2.97. The number of hydrogen-bond acceptors (Lipinski definition) is 4. The molecule has 0 aliphatic rings. The molecule has 0 spiro atoms. The summed E-state index contributed by atoms with van der Waals surface area (Å²) < 4.78 is 2.46. The van der Waals surface area contributed by atoms with Gasteiger partial charge in [0.15, 0.2) is 0 Å². The van der Waals surface area contributed by atoms with Gasteiger partial charge in [0.2, 0.25) is 0 Å². The van der Waals surface area contributed by atoms with Crippen LogP contribution >= 0.6 is 15.9 Å². The Labute approximate surface area is 129 Å². The van der Waals surface area contributed by atoms with E-state index < -0.39 is 0 Å². The predicted octanol–water partition coefficient (Wildman–Crippen LogP) is 2.68. The Balaban J connectivity index is 1.84. The molecule has 0 aliphatic heterocycles. The fourth-order valence-corrected chi connectivity index (χ4v) is 2.25. The maximum absolute atomic E-state index is 12.2. The van der Waals surface area contributed by atoms with Gasteiger partial charge in [0.1, 0.15) is 24.3 Å². The van der Waals surface area contributed by atoms with Gasteiger partial charge in [0.25, 0.3) is 5.91 Å². The third-order valence-corrected chi connectivity index (χ3v) is 3.47. The van der Waals surface area contributed by atoms with Crippen molar-refractivity contribution in [2.75, 3.05) is 5.32 Å². The van der Waals surface area contributed by atoms with Gasteiger partial charge in [0.05, 0.1) is 5.56 Å². The zero-order valence-corrected chi connectivity index (χ0v) is 12.4. The number of rotatable bonds is 3. The van der Waals surface area contributed by atoms with E-state index in [2.05, 4.69) is 36.2 Å². The van der Waals surface area contributed by atoms with Crippen LogP contribution in [0.4, 0.5) is 5.82 Å². The molecule has 0 fully saturated rings. The summed E-state index contributed by atoms with van der Waals surface area (Å²) >= 11 is 3.35. The highest BCUT2D eigenvalue weighted by Gasteiger charge is 2.10. The van der Waals surface area contributed by atoms with Crippen LogP contribution in [-0.4, -0.2) is 25.4 Å². The van der Waals surface area contributed by atoms with Crippen LogP contribution in [0.25, 0.3) is 5.82 Å². The predicted molar refractivity (Wildman–Crippen MR) is 81.2 cm³/mol. The number of nitrogens with zero attached hydrogens (tertiary/aromatic N) is 4. The van der Waals surface area contributed by atoms with Crippen LogP contribution in [0.15, 0.2) is 59.9 Å². The zero-order chi connectivity index (χ0) is 14.7. The van der Waals surface area contributed by atoms with Crippen LogP contribution in [0, 0.1) is 0 Å². The van der Waals surface area contributed by atoms with Crippen LogP contribution in [-0.2, 0) is 0 Å². The second kappa shape index (κ2) is 5.84. The first-order valence-corrected chi connectivity index (χ1v) is 6.89. The van der Waals surface area contributed by atoms with Gasteiger partial charge in [-0.25, -0.2) is 15.0 Å². The number of anilines is 1. The summed E-state index contributed by atoms with van der Waals surface area (Å²) in [5, 5.41) is 2.75. The summed E-state index contributed by atoms with van der Waals surface area (Å²) in [5.41, 5.74) is 0.542. The fraction of sp³-hybridized carbons (Fsp3) is 0. The fourth-order valence-electron chi connectivity index (χ4n) is 1.78. The molecule has 0 saturated heterocycles. The zero-order valence-electron chi connectivity index (χ0n) is 10.8. The minimum absolute atomic E-state index is 0.238. The lowest BCUT2D eigenvalue weighted by atomic mass is 10.2. The summed E-state index contributed by atoms with van der Waals surface area (Å²) in [6.07, 6.45) is 6.44. The minimum atomic E-state index is -0.238. The highest BCUT2D eigenvalue weighted by Crippen LogP contribution is 2.17. The molecule has 2 heterocycles. The lowest BCUT2D eigenvalue weighted by Crippen LogP contribution is -2.14. The number of benzene rings is 1. The van der Waals surface area contributed by atoms with Crippen LogP contribution in [0.2, 0.25) is 0 Å². The van der Waals surface area contributed by atoms with E-state index in [0.29, 0.717) is 17.2 Å². The van der Waals surface area contributed by atoms with Crippen molar-refractivity contribution in [1.82, 2.24) is 19.5 Å². The Bertz CT molecular complexity index is 773. The standard InChI is InChI=1S/C14H10BrN5O/c15-11-4-2-1-3-10(11)14(21)19-12-7-13(18-8-17-12)20-6-5-16-9-20/h1-9H,(H,17,18,19,21). The highest BCUT2D eigenvalue weighted by atomic mass is 79.9. The Morgan fingerprint density at radius 1 is 1.24 bits per heavy atom. The third-order valence-electron chi connectivity index (χ3n) is 2.78. The first-order chi connectivity index (χ1) is 10.2. The van der Waals surface area contributed by atoms with Crippen LogP contribution < -0.4 is 5.32 Å². The SMILES string of the molecule is O=C(Nc1cc(-n2ccnc2)ncn1)c1ccccc1Br. The molecular weight excluding hydrogens is 334 g/mol. The topological polar surface area (TPSA) is 72.7 Å². The van der Waals surface area contributed by atoms with Crippen LogP contribution in [0.5, 0.6) is 0 Å². The molecule has 7 heteroatoms. The first-order valence-electron chi connectivity index (χ1n) is 6.10. The van der Waals surface area contributed by atoms with E-state index in [1.54, 1.807) is 41.5 Å². The molecule has 0 unspecified atom stereocenters. The van der Waals surface area contributed by atoms with Crippen molar-refractivity contribution < 1.29 is 4.79 Å². The number of amides is 1. The monoisotopic (exact) mass is 343 g/mol. The van der Waals surface area contributed by atoms with Crippen molar-refractivity contribution in [2.45, 2.75) is 0 Å². The lowest BCUT2D eigenvalue weighted by Gasteiger charge is -2.07. The van der Waals surface area contributed by atoms with Crippen molar-refractivity contribution in [3.63, 3.8) is 0 Å². The number of nitrogens with one attached hydrogen (secondary N) is 1. The molecule has 1 N–H and O–H groups in total. The molecule has 3 rings (SSSR count). The molecule has 0 saturated carbocycles. The van der Waals surface area contributed by atoms with Gasteiger partial charge >= 0.3 is 0 Å². The maximum Gasteiger partial charge on any atom is 0.257 e. The van der Waals surface area contributed by atoms with Gasteiger partial charge in [-0.05, 0) is 28.1 Å². The van der Waals surface area contributed by atoms with Gasteiger partial charge in [-0.3, -0.25) is 9.36 Å². The van der Waals surface area contributed by atoms with Gasteiger partial charge < -0.3 is 5.32 Å². The van der Waals surface area contributed by atoms with Gasteiger partial charge in [-0.2, -0.15) is 0 Å². The molecule has 0 atom stereocenters. The van der Waals surface area contributed by atoms with E-state index >= 15 is 0 Å². The number of carbonyl (C=O) groups excluding carboxylic acids is 1. The molecule has 2 aromatic heterocycles. The largest absolute Gasteiger partial charge is 0.306 e. The summed E-state index contributed by atoms with van der Waals surface area (Å²) in [4.78, 5) is 24.4. The van der Waals surface area contributed by atoms with Crippen molar-refractivity contribution in [3.05, 3.63) is 65.4 Å². The van der Waals surface area contributed by atoms with Crippen molar-refractivity contribution in [3.8, 4) is 5.82 Å². The molecular formula is C14H10BrN5O. The van der Waals surface area contributed by atoms with Crippen molar-refractivity contribution >= 4 is 27.7 Å². The molecule has 21 heavy (non-hydrogen) atoms. The highest BCUT2D eigenvalue weighted by molar-refractivity contribution is 9.10. The Kier molecular flexibility index (Phi) is 3.74. The van der Waals surface area contributed by atoms with Gasteiger partial charge in [-0.15, -0.1) is 0 Å². The second-order valence-corrected chi connectivity index (χ2v) is 5.02. The average molecular weight is 344 g/mol. The van der Waals surface area contributed by atoms with E-state index in [0.717, 1.165) is 4.47 Å². The van der Waals surface area contributed by atoms with Gasteiger partial charge in [-0.1, -0.05) is 12.1 Å². The van der Waals surface area contributed by atoms with Crippen LogP contribution in [0.3, 0.4) is 0 Å². The summed E-state index contributed by atoms with van der Waals surface area (Å²) in [6.45, 7) is 0. The number of hydrogen-bond donors (Lipinski definition) is 1. The molecule has 3 aromatic rings. The van der Waals surface area contributed by atoms with Crippen molar-refractivity contribution in [2.24, 2.45) is 0 Å². The Hall–Kier alpha value is -2.54. The number of halogens is 1. The lowest BCUT2D eigenvalue weighted by molar-refractivity contribution is 0.102. The minimum Gasteiger partial charge on any atom is -0.306 e. The molecule has 1 amide bonds. The van der Waals surface area contributed by atoms with E-state index in [9.17, 15) is 4.79 Å². The van der Waals surface area contributed by atoms with Crippen molar-refractivity contribution in [1.29, 1.82) is 0 Å². The average Bonchev–Trinajstić information content (AvgIpc) is 3.02. The summed E-state index contributed by atoms with van der Waals surface area (Å²) in [6, 6.07) is 8.87. The maximum atomic E-state index is 12.2. The molecule has 0 bridgehead atoms. The number of carbonyl (C=O) groups is 1. The first kappa shape index (κ1) is 13.4. The normalized spacial score (nSPS) is 10.3. The number of imidazole rings is 1.